The maximum Gasteiger partial charge on any atom is 0.257 e. The SMILES string of the molecule is Nc1cccc(Cl)c1C(=O)N1CCS(=O)CC1. The summed E-state index contributed by atoms with van der Waals surface area (Å²) >= 11 is 5.98. The fraction of sp³-hybridized carbons (Fsp3) is 0.364. The van der Waals surface area contributed by atoms with Crippen molar-refractivity contribution in [1.29, 1.82) is 0 Å². The van der Waals surface area contributed by atoms with Crippen LogP contribution in [0, 0.1) is 0 Å². The Balaban J connectivity index is 2.22. The molecule has 0 spiro atoms. The van der Waals surface area contributed by atoms with Crippen LogP contribution in [0.3, 0.4) is 0 Å². The molecule has 0 atom stereocenters. The van der Waals surface area contributed by atoms with Gasteiger partial charge in [-0.3, -0.25) is 9.00 Å². The van der Waals surface area contributed by atoms with E-state index >= 15 is 0 Å². The molecule has 92 valence electrons. The van der Waals surface area contributed by atoms with Crippen LogP contribution in [-0.4, -0.2) is 39.6 Å². The van der Waals surface area contributed by atoms with E-state index in [-0.39, 0.29) is 5.91 Å². The first-order chi connectivity index (χ1) is 8.09. The highest BCUT2D eigenvalue weighted by molar-refractivity contribution is 7.85. The van der Waals surface area contributed by atoms with Crippen molar-refractivity contribution in [3.8, 4) is 0 Å². The molecular weight excluding hydrogens is 260 g/mol. The van der Waals surface area contributed by atoms with E-state index in [9.17, 15) is 9.00 Å². The smallest absolute Gasteiger partial charge is 0.257 e. The van der Waals surface area contributed by atoms with Gasteiger partial charge in [0.1, 0.15) is 0 Å². The monoisotopic (exact) mass is 272 g/mol. The number of benzene rings is 1. The summed E-state index contributed by atoms with van der Waals surface area (Å²) in [7, 11) is -0.803. The van der Waals surface area contributed by atoms with Crippen LogP contribution < -0.4 is 5.73 Å². The van der Waals surface area contributed by atoms with Crippen molar-refractivity contribution < 1.29 is 9.00 Å². The average Bonchev–Trinajstić information content (AvgIpc) is 2.29. The van der Waals surface area contributed by atoms with Gasteiger partial charge in [0.25, 0.3) is 5.91 Å². The topological polar surface area (TPSA) is 63.4 Å². The largest absolute Gasteiger partial charge is 0.398 e. The summed E-state index contributed by atoms with van der Waals surface area (Å²) in [6, 6.07) is 5.01. The van der Waals surface area contributed by atoms with Crippen molar-refractivity contribution in [1.82, 2.24) is 4.90 Å². The Hall–Kier alpha value is -1.07. The Labute approximate surface area is 107 Å². The quantitative estimate of drug-likeness (QED) is 0.780. The van der Waals surface area contributed by atoms with Crippen LogP contribution >= 0.6 is 11.6 Å². The van der Waals surface area contributed by atoms with Crippen LogP contribution in [0.2, 0.25) is 5.02 Å². The molecule has 1 aliphatic heterocycles. The zero-order valence-corrected chi connectivity index (χ0v) is 10.8. The molecule has 0 aliphatic carbocycles. The second-order valence-corrected chi connectivity index (χ2v) is 5.95. The first-order valence-electron chi connectivity index (χ1n) is 5.28. The summed E-state index contributed by atoms with van der Waals surface area (Å²) in [4.78, 5) is 13.9. The third-order valence-electron chi connectivity index (χ3n) is 2.72. The molecule has 2 N–H and O–H groups in total. The summed E-state index contributed by atoms with van der Waals surface area (Å²) in [5.41, 5.74) is 6.50. The summed E-state index contributed by atoms with van der Waals surface area (Å²) in [6.07, 6.45) is 0. The lowest BCUT2D eigenvalue weighted by molar-refractivity contribution is 0.0772. The van der Waals surface area contributed by atoms with Crippen molar-refractivity contribution in [3.05, 3.63) is 28.8 Å². The van der Waals surface area contributed by atoms with E-state index in [2.05, 4.69) is 0 Å². The van der Waals surface area contributed by atoms with Crippen molar-refractivity contribution >= 4 is 34.0 Å². The van der Waals surface area contributed by atoms with Crippen molar-refractivity contribution in [2.45, 2.75) is 0 Å². The highest BCUT2D eigenvalue weighted by Crippen LogP contribution is 2.24. The van der Waals surface area contributed by atoms with Gasteiger partial charge in [-0.05, 0) is 12.1 Å². The molecule has 1 aromatic carbocycles. The van der Waals surface area contributed by atoms with E-state index in [1.54, 1.807) is 23.1 Å². The molecule has 4 nitrogen and oxygen atoms in total. The molecule has 1 amide bonds. The first-order valence-corrected chi connectivity index (χ1v) is 7.14. The predicted octanol–water partition coefficient (Wildman–Crippen LogP) is 1.13. The van der Waals surface area contributed by atoms with E-state index < -0.39 is 10.8 Å². The van der Waals surface area contributed by atoms with Gasteiger partial charge in [-0.2, -0.15) is 0 Å². The van der Waals surface area contributed by atoms with Gasteiger partial charge < -0.3 is 10.6 Å². The molecule has 0 radical (unpaired) electrons. The summed E-state index contributed by atoms with van der Waals surface area (Å²) in [6.45, 7) is 0.992. The third-order valence-corrected chi connectivity index (χ3v) is 4.32. The van der Waals surface area contributed by atoms with Gasteiger partial charge in [0.05, 0.1) is 10.6 Å². The van der Waals surface area contributed by atoms with Crippen LogP contribution in [0.4, 0.5) is 5.69 Å². The minimum atomic E-state index is -0.803. The minimum Gasteiger partial charge on any atom is -0.398 e. The van der Waals surface area contributed by atoms with Crippen molar-refractivity contribution in [2.24, 2.45) is 0 Å². The summed E-state index contributed by atoms with van der Waals surface area (Å²) in [5.74, 6) is 0.872. The molecule has 0 saturated carbocycles. The van der Waals surface area contributed by atoms with Gasteiger partial charge >= 0.3 is 0 Å². The minimum absolute atomic E-state index is 0.176. The van der Waals surface area contributed by atoms with Crippen LogP contribution in [0.25, 0.3) is 0 Å². The van der Waals surface area contributed by atoms with Gasteiger partial charge in [-0.1, -0.05) is 17.7 Å². The van der Waals surface area contributed by atoms with E-state index in [0.29, 0.717) is 40.9 Å². The molecule has 0 bridgehead atoms. The average molecular weight is 273 g/mol. The third kappa shape index (κ3) is 2.61. The number of anilines is 1. The first kappa shape index (κ1) is 12.4. The van der Waals surface area contributed by atoms with Crippen LogP contribution in [0.1, 0.15) is 10.4 Å². The molecule has 6 heteroatoms. The standard InChI is InChI=1S/C11H13ClN2O2S/c12-8-2-1-3-9(13)10(8)11(15)14-4-6-17(16)7-5-14/h1-3H,4-7,13H2. The zero-order valence-electron chi connectivity index (χ0n) is 9.19. The van der Waals surface area contributed by atoms with Gasteiger partial charge in [0.15, 0.2) is 0 Å². The number of nitrogens with zero attached hydrogens (tertiary/aromatic N) is 1. The normalized spacial score (nSPS) is 17.1. The van der Waals surface area contributed by atoms with E-state index in [4.69, 9.17) is 17.3 Å². The summed E-state index contributed by atoms with van der Waals surface area (Å²) in [5, 5.41) is 0.363. The highest BCUT2D eigenvalue weighted by atomic mass is 35.5. The van der Waals surface area contributed by atoms with Crippen LogP contribution in [0.15, 0.2) is 18.2 Å². The van der Waals surface area contributed by atoms with Crippen molar-refractivity contribution in [3.63, 3.8) is 0 Å². The number of nitrogen functional groups attached to an aromatic ring is 1. The lowest BCUT2D eigenvalue weighted by atomic mass is 10.1. The van der Waals surface area contributed by atoms with Gasteiger partial charge in [-0.25, -0.2) is 0 Å². The number of rotatable bonds is 1. The number of hydrogen-bond acceptors (Lipinski definition) is 3. The lowest BCUT2D eigenvalue weighted by Crippen LogP contribution is -2.42. The Kier molecular flexibility index (Phi) is 3.69. The number of hydrogen-bond donors (Lipinski definition) is 1. The summed E-state index contributed by atoms with van der Waals surface area (Å²) < 4.78 is 11.2. The van der Waals surface area contributed by atoms with E-state index in [1.807, 2.05) is 0 Å². The number of carbonyl (C=O) groups is 1. The Morgan fingerprint density at radius 2 is 2.00 bits per heavy atom. The van der Waals surface area contributed by atoms with Gasteiger partial charge in [0.2, 0.25) is 0 Å². The molecule has 2 rings (SSSR count). The molecule has 0 aromatic heterocycles. The fourth-order valence-corrected chi connectivity index (χ4v) is 3.08. The number of halogens is 1. The van der Waals surface area contributed by atoms with E-state index in [0.717, 1.165) is 0 Å². The maximum atomic E-state index is 12.2. The lowest BCUT2D eigenvalue weighted by Gasteiger charge is -2.27. The number of amides is 1. The number of nitrogens with two attached hydrogens (primary N) is 1. The van der Waals surface area contributed by atoms with E-state index in [1.165, 1.54) is 0 Å². The highest BCUT2D eigenvalue weighted by Gasteiger charge is 2.24. The maximum absolute atomic E-state index is 12.2. The number of carbonyl (C=O) groups excluding carboxylic acids is 1. The molecule has 1 aliphatic rings. The van der Waals surface area contributed by atoms with Crippen molar-refractivity contribution in [2.75, 3.05) is 30.3 Å². The zero-order chi connectivity index (χ0) is 12.4. The predicted molar refractivity (Wildman–Crippen MR) is 69.6 cm³/mol. The van der Waals surface area contributed by atoms with Gasteiger partial charge in [0, 0.05) is 41.1 Å². The molecule has 0 unspecified atom stereocenters. The second-order valence-electron chi connectivity index (χ2n) is 3.84. The van der Waals surface area contributed by atoms with Gasteiger partial charge in [-0.15, -0.1) is 0 Å². The Bertz CT molecular complexity index is 448. The molecule has 1 saturated heterocycles. The molecule has 1 heterocycles. The molecule has 1 aromatic rings. The fourth-order valence-electron chi connectivity index (χ4n) is 1.77. The molecule has 1 fully saturated rings. The molecular formula is C11H13ClN2O2S. The van der Waals surface area contributed by atoms with Crippen LogP contribution in [0.5, 0.6) is 0 Å². The molecule has 17 heavy (non-hydrogen) atoms. The van der Waals surface area contributed by atoms with Crippen LogP contribution in [-0.2, 0) is 10.8 Å². The Morgan fingerprint density at radius 3 is 2.59 bits per heavy atom. The second kappa shape index (κ2) is 5.06. The Morgan fingerprint density at radius 1 is 1.35 bits per heavy atom.